The van der Waals surface area contributed by atoms with Crippen LogP contribution < -0.4 is 15.5 Å². The summed E-state index contributed by atoms with van der Waals surface area (Å²) in [7, 11) is 1.91. The van der Waals surface area contributed by atoms with E-state index in [1.165, 1.54) is 0 Å². The lowest BCUT2D eigenvalue weighted by atomic mass is 10.1. The molecule has 1 fully saturated rings. The lowest BCUT2D eigenvalue weighted by Crippen LogP contribution is -2.55. The number of carbonyl (C=O) groups is 1. The molecule has 1 unspecified atom stereocenters. The van der Waals surface area contributed by atoms with Crippen LogP contribution in [0.2, 0.25) is 5.02 Å². The van der Waals surface area contributed by atoms with Crippen molar-refractivity contribution in [2.45, 2.75) is 25.9 Å². The molecule has 0 aliphatic carbocycles. The monoisotopic (exact) mass is 281 g/mol. The normalized spacial score (nSPS) is 19.4. The van der Waals surface area contributed by atoms with Crippen LogP contribution in [0.3, 0.4) is 0 Å². The van der Waals surface area contributed by atoms with Gasteiger partial charge in [0.25, 0.3) is 0 Å². The third-order valence-electron chi connectivity index (χ3n) is 3.42. The number of hydrogen-bond donors (Lipinski definition) is 2. The van der Waals surface area contributed by atoms with Crippen LogP contribution in [0.4, 0.5) is 5.69 Å². The maximum absolute atomic E-state index is 11.9. The molecule has 0 radical (unpaired) electrons. The maximum atomic E-state index is 11.9. The molecule has 0 bridgehead atoms. The van der Waals surface area contributed by atoms with E-state index in [1.54, 1.807) is 0 Å². The van der Waals surface area contributed by atoms with Gasteiger partial charge in [-0.15, -0.1) is 0 Å². The summed E-state index contributed by atoms with van der Waals surface area (Å²) in [4.78, 5) is 14.0. The molecule has 1 heterocycles. The van der Waals surface area contributed by atoms with Crippen molar-refractivity contribution >= 4 is 23.2 Å². The average molecular weight is 282 g/mol. The van der Waals surface area contributed by atoms with Gasteiger partial charge in [-0.25, -0.2) is 0 Å². The molecule has 1 aliphatic heterocycles. The van der Waals surface area contributed by atoms with Gasteiger partial charge in [0.2, 0.25) is 5.91 Å². The number of carbonyl (C=O) groups excluding carboxylic acids is 1. The molecular formula is C14H20ClN3O. The summed E-state index contributed by atoms with van der Waals surface area (Å²) in [6.07, 6.45) is 0.778. The SMILES string of the molecule is CCC1C(=O)NCCN1c1ccc(CNC)cc1Cl. The Labute approximate surface area is 119 Å². The number of hydrogen-bond acceptors (Lipinski definition) is 3. The highest BCUT2D eigenvalue weighted by molar-refractivity contribution is 6.33. The van der Waals surface area contributed by atoms with Crippen molar-refractivity contribution in [3.8, 4) is 0 Å². The van der Waals surface area contributed by atoms with Crippen LogP contribution in [0.1, 0.15) is 18.9 Å². The van der Waals surface area contributed by atoms with Crippen molar-refractivity contribution in [1.29, 1.82) is 0 Å². The molecule has 2 N–H and O–H groups in total. The van der Waals surface area contributed by atoms with Gasteiger partial charge >= 0.3 is 0 Å². The van der Waals surface area contributed by atoms with Gasteiger partial charge in [0.1, 0.15) is 6.04 Å². The first-order valence-corrected chi connectivity index (χ1v) is 7.02. The highest BCUT2D eigenvalue weighted by atomic mass is 35.5. The topological polar surface area (TPSA) is 44.4 Å². The molecule has 5 heteroatoms. The molecule has 1 atom stereocenters. The summed E-state index contributed by atoms with van der Waals surface area (Å²) in [6.45, 7) is 4.28. The van der Waals surface area contributed by atoms with Crippen molar-refractivity contribution in [2.75, 3.05) is 25.0 Å². The van der Waals surface area contributed by atoms with E-state index in [-0.39, 0.29) is 11.9 Å². The first kappa shape index (κ1) is 14.2. The number of benzene rings is 1. The van der Waals surface area contributed by atoms with Crippen molar-refractivity contribution in [3.63, 3.8) is 0 Å². The lowest BCUT2D eigenvalue weighted by Gasteiger charge is -2.36. The second-order valence-electron chi connectivity index (χ2n) is 4.72. The smallest absolute Gasteiger partial charge is 0.242 e. The Morgan fingerprint density at radius 3 is 2.95 bits per heavy atom. The molecule has 0 saturated carbocycles. The van der Waals surface area contributed by atoms with Crippen LogP contribution in [-0.4, -0.2) is 32.1 Å². The summed E-state index contributed by atoms with van der Waals surface area (Å²) in [5, 5.41) is 6.71. The Morgan fingerprint density at radius 2 is 2.32 bits per heavy atom. The van der Waals surface area contributed by atoms with Crippen molar-refractivity contribution in [3.05, 3.63) is 28.8 Å². The minimum absolute atomic E-state index is 0.0871. The molecule has 1 saturated heterocycles. The van der Waals surface area contributed by atoms with E-state index in [9.17, 15) is 4.79 Å². The second kappa shape index (κ2) is 6.26. The predicted molar refractivity (Wildman–Crippen MR) is 78.7 cm³/mol. The zero-order chi connectivity index (χ0) is 13.8. The summed E-state index contributed by atoms with van der Waals surface area (Å²) in [6, 6.07) is 5.90. The van der Waals surface area contributed by atoms with Crippen LogP contribution in [0, 0.1) is 0 Å². The first-order valence-electron chi connectivity index (χ1n) is 6.64. The molecule has 1 aromatic rings. The minimum atomic E-state index is -0.124. The number of amides is 1. The fourth-order valence-corrected chi connectivity index (χ4v) is 2.82. The number of anilines is 1. The maximum Gasteiger partial charge on any atom is 0.242 e. The van der Waals surface area contributed by atoms with Crippen molar-refractivity contribution in [1.82, 2.24) is 10.6 Å². The van der Waals surface area contributed by atoms with Gasteiger partial charge in [0.05, 0.1) is 10.7 Å². The highest BCUT2D eigenvalue weighted by Gasteiger charge is 2.29. The molecule has 1 amide bonds. The van der Waals surface area contributed by atoms with Gasteiger partial charge in [-0.2, -0.15) is 0 Å². The Morgan fingerprint density at radius 1 is 1.53 bits per heavy atom. The molecule has 19 heavy (non-hydrogen) atoms. The van der Waals surface area contributed by atoms with Gasteiger partial charge in [-0.05, 0) is 31.2 Å². The van der Waals surface area contributed by atoms with Crippen LogP contribution in [0.25, 0.3) is 0 Å². The number of nitrogens with one attached hydrogen (secondary N) is 2. The van der Waals surface area contributed by atoms with E-state index in [0.717, 1.165) is 30.8 Å². The number of rotatable bonds is 4. The number of nitrogens with zero attached hydrogens (tertiary/aromatic N) is 1. The summed E-state index contributed by atoms with van der Waals surface area (Å²) < 4.78 is 0. The Kier molecular flexibility index (Phi) is 4.66. The van der Waals surface area contributed by atoms with E-state index in [1.807, 2.05) is 26.1 Å². The van der Waals surface area contributed by atoms with Crippen molar-refractivity contribution in [2.24, 2.45) is 0 Å². The molecular weight excluding hydrogens is 262 g/mol. The third-order valence-corrected chi connectivity index (χ3v) is 3.72. The summed E-state index contributed by atoms with van der Waals surface area (Å²) in [5.41, 5.74) is 2.09. The number of halogens is 1. The molecule has 0 spiro atoms. The molecule has 1 aromatic carbocycles. The summed E-state index contributed by atoms with van der Waals surface area (Å²) in [5.74, 6) is 0.0871. The zero-order valence-corrected chi connectivity index (χ0v) is 12.1. The second-order valence-corrected chi connectivity index (χ2v) is 5.13. The third kappa shape index (κ3) is 3.01. The molecule has 104 valence electrons. The number of piperazine rings is 1. The largest absolute Gasteiger partial charge is 0.357 e. The Balaban J connectivity index is 2.27. The van der Waals surface area contributed by atoms with E-state index in [0.29, 0.717) is 11.6 Å². The Hall–Kier alpha value is -1.26. The zero-order valence-electron chi connectivity index (χ0n) is 11.4. The van der Waals surface area contributed by atoms with Crippen LogP contribution in [0.5, 0.6) is 0 Å². The van der Waals surface area contributed by atoms with Gasteiger partial charge in [0.15, 0.2) is 0 Å². The fourth-order valence-electron chi connectivity index (χ4n) is 2.51. The molecule has 1 aliphatic rings. The lowest BCUT2D eigenvalue weighted by molar-refractivity contribution is -0.123. The predicted octanol–water partition coefficient (Wildman–Crippen LogP) is 1.77. The van der Waals surface area contributed by atoms with E-state index in [2.05, 4.69) is 21.6 Å². The molecule has 4 nitrogen and oxygen atoms in total. The Bertz CT molecular complexity index is 464. The van der Waals surface area contributed by atoms with Crippen LogP contribution in [0.15, 0.2) is 18.2 Å². The quantitative estimate of drug-likeness (QED) is 0.884. The standard InChI is InChI=1S/C14H20ClN3O/c1-3-12-14(19)17-6-7-18(12)13-5-4-10(9-16-2)8-11(13)15/h4-5,8,12,16H,3,6-7,9H2,1-2H3,(H,17,19). The van der Waals surface area contributed by atoms with E-state index in [4.69, 9.17) is 11.6 Å². The summed E-state index contributed by atoms with van der Waals surface area (Å²) >= 11 is 6.37. The van der Waals surface area contributed by atoms with Crippen molar-refractivity contribution < 1.29 is 4.79 Å². The van der Waals surface area contributed by atoms with E-state index >= 15 is 0 Å². The highest BCUT2D eigenvalue weighted by Crippen LogP contribution is 2.29. The molecule has 2 rings (SSSR count). The van der Waals surface area contributed by atoms with Gasteiger partial charge in [-0.3, -0.25) is 4.79 Å². The van der Waals surface area contributed by atoms with Crippen LogP contribution >= 0.6 is 11.6 Å². The minimum Gasteiger partial charge on any atom is -0.357 e. The van der Waals surface area contributed by atoms with Gasteiger partial charge in [-0.1, -0.05) is 24.6 Å². The average Bonchev–Trinajstić information content (AvgIpc) is 2.39. The fraction of sp³-hybridized carbons (Fsp3) is 0.500. The first-order chi connectivity index (χ1) is 9.17. The molecule has 0 aromatic heterocycles. The van der Waals surface area contributed by atoms with Gasteiger partial charge in [0, 0.05) is 19.6 Å². The van der Waals surface area contributed by atoms with Crippen LogP contribution in [-0.2, 0) is 11.3 Å². The van der Waals surface area contributed by atoms with E-state index < -0.39 is 0 Å². The van der Waals surface area contributed by atoms with Gasteiger partial charge < -0.3 is 15.5 Å².